The largest absolute Gasteiger partial charge is 0.293 e. The van der Waals surface area contributed by atoms with Crippen molar-refractivity contribution in [1.29, 1.82) is 0 Å². The monoisotopic (exact) mass is 363 g/mol. The molecule has 0 aromatic heterocycles. The van der Waals surface area contributed by atoms with Crippen molar-refractivity contribution in [1.82, 2.24) is 0 Å². The molecule has 1 unspecified atom stereocenters. The van der Waals surface area contributed by atoms with Crippen LogP contribution < -0.4 is 0 Å². The number of ketones is 1. The first kappa shape index (κ1) is 15.7. The Morgan fingerprint density at radius 3 is 2.26 bits per heavy atom. The molecule has 0 heterocycles. The summed E-state index contributed by atoms with van der Waals surface area (Å²) >= 11 is 3.45. The molecule has 0 saturated heterocycles. The van der Waals surface area contributed by atoms with Gasteiger partial charge in [-0.05, 0) is 29.7 Å². The third-order valence-electron chi connectivity index (χ3n) is 3.85. The second-order valence-corrected chi connectivity index (χ2v) is 6.30. The van der Waals surface area contributed by atoms with E-state index in [1.807, 2.05) is 78.9 Å². The molecule has 23 heavy (non-hydrogen) atoms. The smallest absolute Gasteiger partial charge is 0.170 e. The lowest BCUT2D eigenvalue weighted by Crippen LogP contribution is -2.15. The summed E-state index contributed by atoms with van der Waals surface area (Å²) in [6.07, 6.45) is 0.672. The Bertz CT molecular complexity index is 781. The minimum absolute atomic E-state index is 0.153. The minimum atomic E-state index is -0.187. The number of carbonyl (C=O) groups is 1. The van der Waals surface area contributed by atoms with Gasteiger partial charge in [-0.25, -0.2) is 0 Å². The van der Waals surface area contributed by atoms with Crippen LogP contribution in [0.1, 0.15) is 27.4 Å². The van der Waals surface area contributed by atoms with Crippen LogP contribution in [-0.4, -0.2) is 5.78 Å². The van der Waals surface area contributed by atoms with Crippen molar-refractivity contribution in [3.8, 4) is 0 Å². The van der Waals surface area contributed by atoms with Crippen LogP contribution in [0, 0.1) is 6.07 Å². The van der Waals surface area contributed by atoms with E-state index in [9.17, 15) is 4.79 Å². The first-order valence-electron chi connectivity index (χ1n) is 7.54. The highest BCUT2D eigenvalue weighted by molar-refractivity contribution is 9.10. The van der Waals surface area contributed by atoms with E-state index >= 15 is 0 Å². The second kappa shape index (κ2) is 7.38. The quantitative estimate of drug-likeness (QED) is 0.550. The lowest BCUT2D eigenvalue weighted by molar-refractivity contribution is 0.0959. The summed E-state index contributed by atoms with van der Waals surface area (Å²) in [5, 5.41) is 0. The predicted molar refractivity (Wildman–Crippen MR) is 96.6 cm³/mol. The molecule has 0 spiro atoms. The zero-order chi connectivity index (χ0) is 16.1. The van der Waals surface area contributed by atoms with Gasteiger partial charge in [0.25, 0.3) is 0 Å². The summed E-state index contributed by atoms with van der Waals surface area (Å²) in [5.74, 6) is -0.0337. The van der Waals surface area contributed by atoms with E-state index in [4.69, 9.17) is 0 Å². The van der Waals surface area contributed by atoms with Crippen molar-refractivity contribution in [2.24, 2.45) is 0 Å². The van der Waals surface area contributed by atoms with E-state index in [-0.39, 0.29) is 11.7 Å². The van der Waals surface area contributed by atoms with Crippen molar-refractivity contribution in [2.75, 3.05) is 0 Å². The van der Waals surface area contributed by atoms with Crippen LogP contribution in [0.5, 0.6) is 0 Å². The van der Waals surface area contributed by atoms with Gasteiger partial charge in [0.05, 0.1) is 5.92 Å². The van der Waals surface area contributed by atoms with Crippen LogP contribution in [0.4, 0.5) is 0 Å². The molecule has 1 radical (unpaired) electrons. The summed E-state index contributed by atoms with van der Waals surface area (Å²) in [6, 6.07) is 28.5. The molecule has 0 aliphatic rings. The molecule has 1 atom stereocenters. The average Bonchev–Trinajstić information content (AvgIpc) is 2.61. The summed E-state index contributed by atoms with van der Waals surface area (Å²) in [6.45, 7) is 0. The van der Waals surface area contributed by atoms with E-state index in [0.717, 1.165) is 21.2 Å². The fraction of sp³-hybridized carbons (Fsp3) is 0.0952. The Morgan fingerprint density at radius 2 is 1.61 bits per heavy atom. The molecular formula is C21H16BrO. The number of rotatable bonds is 5. The van der Waals surface area contributed by atoms with Gasteiger partial charge in [-0.1, -0.05) is 88.7 Å². The first-order valence-corrected chi connectivity index (χ1v) is 8.33. The standard InChI is InChI=1S/C21H16BrO/c22-19-13-7-8-16(14-19)15-20(17-9-3-1-4-10-17)21(23)18-11-5-2-6-12-18/h1-12,14,20H,15H2. The molecule has 0 bridgehead atoms. The van der Waals surface area contributed by atoms with E-state index in [1.54, 1.807) is 0 Å². The van der Waals surface area contributed by atoms with Gasteiger partial charge in [0.1, 0.15) is 0 Å². The normalized spacial score (nSPS) is 11.9. The number of halogens is 1. The summed E-state index contributed by atoms with van der Waals surface area (Å²) in [4.78, 5) is 13.0. The summed E-state index contributed by atoms with van der Waals surface area (Å²) in [7, 11) is 0. The highest BCUT2D eigenvalue weighted by atomic mass is 79.9. The van der Waals surface area contributed by atoms with E-state index < -0.39 is 0 Å². The van der Waals surface area contributed by atoms with E-state index in [1.165, 1.54) is 0 Å². The highest BCUT2D eigenvalue weighted by Crippen LogP contribution is 2.26. The van der Waals surface area contributed by atoms with Crippen LogP contribution in [-0.2, 0) is 6.42 Å². The van der Waals surface area contributed by atoms with Crippen LogP contribution in [0.15, 0.2) is 83.3 Å². The van der Waals surface area contributed by atoms with Crippen LogP contribution >= 0.6 is 15.9 Å². The van der Waals surface area contributed by atoms with Gasteiger partial charge < -0.3 is 0 Å². The fourth-order valence-corrected chi connectivity index (χ4v) is 3.12. The molecule has 0 saturated carbocycles. The van der Waals surface area contributed by atoms with Gasteiger partial charge in [0.15, 0.2) is 5.78 Å². The lowest BCUT2D eigenvalue weighted by Gasteiger charge is -2.17. The molecule has 0 N–H and O–H groups in total. The first-order chi connectivity index (χ1) is 11.2. The zero-order valence-corrected chi connectivity index (χ0v) is 14.2. The Hall–Kier alpha value is -2.19. The molecule has 0 amide bonds. The van der Waals surface area contributed by atoms with E-state index in [0.29, 0.717) is 6.42 Å². The number of benzene rings is 3. The minimum Gasteiger partial charge on any atom is -0.293 e. The van der Waals surface area contributed by atoms with Gasteiger partial charge in [0, 0.05) is 10.0 Å². The molecule has 113 valence electrons. The van der Waals surface area contributed by atoms with Crippen molar-refractivity contribution in [3.63, 3.8) is 0 Å². The van der Waals surface area contributed by atoms with Crippen molar-refractivity contribution in [3.05, 3.63) is 106 Å². The Labute approximate surface area is 145 Å². The van der Waals surface area contributed by atoms with E-state index in [2.05, 4.69) is 22.0 Å². The number of Topliss-reactive ketones (excluding diaryl/α,β-unsaturated/α-hetero) is 1. The van der Waals surface area contributed by atoms with Gasteiger partial charge in [-0.15, -0.1) is 0 Å². The molecule has 3 rings (SSSR count). The van der Waals surface area contributed by atoms with Gasteiger partial charge in [0.2, 0.25) is 0 Å². The lowest BCUT2D eigenvalue weighted by atomic mass is 9.85. The number of hydrogen-bond donors (Lipinski definition) is 0. The van der Waals surface area contributed by atoms with Crippen LogP contribution in [0.3, 0.4) is 0 Å². The SMILES string of the molecule is O=C(c1ccccc1)C(Cc1cc[c]c(Br)c1)c1ccccc1. The second-order valence-electron chi connectivity index (χ2n) is 5.44. The number of carbonyl (C=O) groups excluding carboxylic acids is 1. The molecule has 3 aromatic rings. The molecule has 0 aliphatic heterocycles. The third kappa shape index (κ3) is 3.96. The number of hydrogen-bond acceptors (Lipinski definition) is 1. The molecule has 0 fully saturated rings. The maximum absolute atomic E-state index is 13.0. The predicted octanol–water partition coefficient (Wildman–Crippen LogP) is 5.46. The summed E-state index contributed by atoms with van der Waals surface area (Å²) < 4.78 is 0.911. The van der Waals surface area contributed by atoms with Crippen molar-refractivity contribution >= 4 is 21.7 Å². The third-order valence-corrected chi connectivity index (χ3v) is 4.31. The molecule has 0 aliphatic carbocycles. The maximum Gasteiger partial charge on any atom is 0.170 e. The molecule has 2 heteroatoms. The summed E-state index contributed by atoms with van der Waals surface area (Å²) in [5.41, 5.74) is 2.92. The fourth-order valence-electron chi connectivity index (χ4n) is 2.69. The van der Waals surface area contributed by atoms with Gasteiger partial charge >= 0.3 is 0 Å². The highest BCUT2D eigenvalue weighted by Gasteiger charge is 2.22. The Morgan fingerprint density at radius 1 is 0.957 bits per heavy atom. The zero-order valence-electron chi connectivity index (χ0n) is 12.6. The van der Waals surface area contributed by atoms with Crippen LogP contribution in [0.2, 0.25) is 0 Å². The van der Waals surface area contributed by atoms with Crippen molar-refractivity contribution in [2.45, 2.75) is 12.3 Å². The van der Waals surface area contributed by atoms with Crippen LogP contribution in [0.25, 0.3) is 0 Å². The molecular weight excluding hydrogens is 348 g/mol. The Kier molecular flexibility index (Phi) is 5.04. The maximum atomic E-state index is 13.0. The molecule has 3 aromatic carbocycles. The average molecular weight is 364 g/mol. The topological polar surface area (TPSA) is 17.1 Å². The Balaban J connectivity index is 1.96. The van der Waals surface area contributed by atoms with Gasteiger partial charge in [-0.2, -0.15) is 0 Å². The molecule has 1 nitrogen and oxygen atoms in total. The van der Waals surface area contributed by atoms with Crippen molar-refractivity contribution < 1.29 is 4.79 Å². The van der Waals surface area contributed by atoms with Gasteiger partial charge in [-0.3, -0.25) is 4.79 Å².